The Morgan fingerprint density at radius 3 is 2.83 bits per heavy atom. The molecule has 4 nitrogen and oxygen atoms in total. The fourth-order valence-electron chi connectivity index (χ4n) is 2.80. The van der Waals surface area contributed by atoms with Gasteiger partial charge in [-0.25, -0.2) is 0 Å². The first-order valence-electron chi connectivity index (χ1n) is 8.41. The standard InChI is InChI=1S/C19H24NO3S/c1-18(2,3)10-7-15-11-14(13-24-15)20-17(21)16-12-22-19(23-16)8-5-4-6-9-19/h4,11,13,16H,5-6,8-9,12H2,1-3H3,(H,20,21). The second-order valence-corrected chi connectivity index (χ2v) is 8.29. The zero-order valence-electron chi connectivity index (χ0n) is 14.5. The summed E-state index contributed by atoms with van der Waals surface area (Å²) in [5, 5.41) is 4.82. The van der Waals surface area contributed by atoms with Gasteiger partial charge in [-0.05, 0) is 46.1 Å². The Labute approximate surface area is 147 Å². The van der Waals surface area contributed by atoms with Crippen molar-refractivity contribution in [2.24, 2.45) is 5.41 Å². The monoisotopic (exact) mass is 346 g/mol. The molecule has 5 heteroatoms. The summed E-state index contributed by atoms with van der Waals surface area (Å²) in [7, 11) is 0. The molecule has 1 unspecified atom stereocenters. The fourth-order valence-corrected chi connectivity index (χ4v) is 3.48. The van der Waals surface area contributed by atoms with Gasteiger partial charge in [-0.15, -0.1) is 11.3 Å². The van der Waals surface area contributed by atoms with Crippen LogP contribution in [0.2, 0.25) is 0 Å². The lowest BCUT2D eigenvalue weighted by molar-refractivity contribution is -0.184. The molecule has 1 aromatic heterocycles. The second kappa shape index (κ2) is 6.87. The maximum atomic E-state index is 12.4. The van der Waals surface area contributed by atoms with E-state index in [0.29, 0.717) is 6.61 Å². The molecular weight excluding hydrogens is 322 g/mol. The number of amides is 1. The lowest BCUT2D eigenvalue weighted by Gasteiger charge is -2.31. The summed E-state index contributed by atoms with van der Waals surface area (Å²) in [6.45, 7) is 6.55. The van der Waals surface area contributed by atoms with Crippen molar-refractivity contribution in [1.82, 2.24) is 0 Å². The molecule has 3 rings (SSSR count). The van der Waals surface area contributed by atoms with Crippen molar-refractivity contribution in [3.8, 4) is 11.8 Å². The molecule has 1 aromatic rings. The number of anilines is 1. The zero-order valence-corrected chi connectivity index (χ0v) is 15.3. The SMILES string of the molecule is CC(C)(C)C#Cc1cc(NC(=O)C2COC3(CC[CH]CC3)O2)cs1. The quantitative estimate of drug-likeness (QED) is 0.824. The van der Waals surface area contributed by atoms with Gasteiger partial charge in [0.15, 0.2) is 11.9 Å². The summed E-state index contributed by atoms with van der Waals surface area (Å²) in [4.78, 5) is 13.4. The summed E-state index contributed by atoms with van der Waals surface area (Å²) >= 11 is 1.53. The van der Waals surface area contributed by atoms with Crippen LogP contribution in [-0.4, -0.2) is 24.4 Å². The molecular formula is C19H24NO3S. The summed E-state index contributed by atoms with van der Waals surface area (Å²) in [5.74, 6) is 5.66. The number of hydrogen-bond acceptors (Lipinski definition) is 4. The van der Waals surface area contributed by atoms with Crippen molar-refractivity contribution in [1.29, 1.82) is 0 Å². The minimum absolute atomic E-state index is 0.0336. The molecule has 1 aliphatic heterocycles. The number of ether oxygens (including phenoxy) is 2. The Hall–Kier alpha value is -1.35. The van der Waals surface area contributed by atoms with Crippen molar-refractivity contribution in [3.05, 3.63) is 22.7 Å². The lowest BCUT2D eigenvalue weighted by atomic mass is 9.94. The van der Waals surface area contributed by atoms with Crippen LogP contribution in [0.4, 0.5) is 5.69 Å². The molecule has 2 heterocycles. The number of carbonyl (C=O) groups excluding carboxylic acids is 1. The van der Waals surface area contributed by atoms with E-state index in [0.717, 1.165) is 36.2 Å². The first kappa shape index (κ1) is 17.5. The predicted octanol–water partition coefficient (Wildman–Crippen LogP) is 3.97. The Balaban J connectivity index is 1.57. The summed E-state index contributed by atoms with van der Waals surface area (Å²) in [5.41, 5.74) is 0.735. The number of carbonyl (C=O) groups is 1. The van der Waals surface area contributed by atoms with Gasteiger partial charge in [-0.2, -0.15) is 0 Å². The van der Waals surface area contributed by atoms with Crippen molar-refractivity contribution in [3.63, 3.8) is 0 Å². The van der Waals surface area contributed by atoms with Crippen LogP contribution >= 0.6 is 11.3 Å². The summed E-state index contributed by atoms with van der Waals surface area (Å²) in [6.07, 6.45) is 5.34. The van der Waals surface area contributed by atoms with Crippen LogP contribution in [0.1, 0.15) is 51.3 Å². The van der Waals surface area contributed by atoms with Crippen molar-refractivity contribution < 1.29 is 14.3 Å². The average molecular weight is 346 g/mol. The van der Waals surface area contributed by atoms with Crippen LogP contribution in [0, 0.1) is 23.7 Å². The highest BCUT2D eigenvalue weighted by atomic mass is 32.1. The molecule has 1 atom stereocenters. The maximum Gasteiger partial charge on any atom is 0.256 e. The van der Waals surface area contributed by atoms with Gasteiger partial charge in [0.1, 0.15) is 0 Å². The number of rotatable bonds is 2. The Morgan fingerprint density at radius 1 is 1.38 bits per heavy atom. The summed E-state index contributed by atoms with van der Waals surface area (Å²) in [6, 6.07) is 1.91. The van der Waals surface area contributed by atoms with E-state index in [1.54, 1.807) is 0 Å². The van der Waals surface area contributed by atoms with E-state index in [1.165, 1.54) is 11.3 Å². The van der Waals surface area contributed by atoms with Crippen molar-refractivity contribution in [2.45, 2.75) is 58.3 Å². The van der Waals surface area contributed by atoms with Gasteiger partial charge in [0.2, 0.25) is 0 Å². The number of thiophene rings is 1. The molecule has 129 valence electrons. The minimum Gasteiger partial charge on any atom is -0.347 e. The highest BCUT2D eigenvalue weighted by molar-refractivity contribution is 7.11. The van der Waals surface area contributed by atoms with Gasteiger partial charge in [0.25, 0.3) is 5.91 Å². The Bertz CT molecular complexity index is 656. The molecule has 1 saturated carbocycles. The maximum absolute atomic E-state index is 12.4. The molecule has 2 fully saturated rings. The van der Waals surface area contributed by atoms with Crippen LogP contribution in [0.3, 0.4) is 0 Å². The smallest absolute Gasteiger partial charge is 0.256 e. The van der Waals surface area contributed by atoms with E-state index < -0.39 is 11.9 Å². The normalized spacial score (nSPS) is 22.9. The molecule has 1 amide bonds. The van der Waals surface area contributed by atoms with Crippen LogP contribution in [0.5, 0.6) is 0 Å². The van der Waals surface area contributed by atoms with E-state index in [1.807, 2.05) is 11.4 Å². The van der Waals surface area contributed by atoms with E-state index in [2.05, 4.69) is 44.3 Å². The highest BCUT2D eigenvalue weighted by Crippen LogP contribution is 2.37. The lowest BCUT2D eigenvalue weighted by Crippen LogP contribution is -2.36. The minimum atomic E-state index is -0.547. The van der Waals surface area contributed by atoms with Gasteiger partial charge in [0, 0.05) is 23.6 Å². The Morgan fingerprint density at radius 2 is 2.12 bits per heavy atom. The van der Waals surface area contributed by atoms with Crippen LogP contribution in [0.25, 0.3) is 0 Å². The third-order valence-corrected chi connectivity index (χ3v) is 4.88. The van der Waals surface area contributed by atoms with E-state index in [9.17, 15) is 4.79 Å². The molecule has 1 N–H and O–H groups in total. The van der Waals surface area contributed by atoms with Gasteiger partial charge in [0.05, 0.1) is 17.2 Å². The molecule has 0 aromatic carbocycles. The van der Waals surface area contributed by atoms with Crippen LogP contribution in [-0.2, 0) is 14.3 Å². The molecule has 1 radical (unpaired) electrons. The molecule has 24 heavy (non-hydrogen) atoms. The number of hydrogen-bond donors (Lipinski definition) is 1. The largest absolute Gasteiger partial charge is 0.347 e. The Kier molecular flexibility index (Phi) is 5.00. The molecule has 0 bridgehead atoms. The van der Waals surface area contributed by atoms with Crippen LogP contribution in [0.15, 0.2) is 11.4 Å². The van der Waals surface area contributed by atoms with E-state index >= 15 is 0 Å². The van der Waals surface area contributed by atoms with Gasteiger partial charge >= 0.3 is 0 Å². The van der Waals surface area contributed by atoms with Gasteiger partial charge < -0.3 is 14.8 Å². The van der Waals surface area contributed by atoms with Gasteiger partial charge in [-0.1, -0.05) is 11.8 Å². The molecule has 2 aliphatic rings. The first-order valence-corrected chi connectivity index (χ1v) is 9.29. The van der Waals surface area contributed by atoms with E-state index in [4.69, 9.17) is 9.47 Å². The molecule has 1 spiro atoms. The average Bonchev–Trinajstić information content (AvgIpc) is 3.13. The second-order valence-electron chi connectivity index (χ2n) is 7.38. The van der Waals surface area contributed by atoms with Gasteiger partial charge in [-0.3, -0.25) is 4.79 Å². The third kappa shape index (κ3) is 4.38. The molecule has 1 aliphatic carbocycles. The van der Waals surface area contributed by atoms with Crippen molar-refractivity contribution in [2.75, 3.05) is 11.9 Å². The van der Waals surface area contributed by atoms with Crippen LogP contribution < -0.4 is 5.32 Å². The first-order chi connectivity index (χ1) is 11.4. The van der Waals surface area contributed by atoms with E-state index in [-0.39, 0.29) is 11.3 Å². The molecule has 1 saturated heterocycles. The van der Waals surface area contributed by atoms with Crippen molar-refractivity contribution >= 4 is 22.9 Å². The highest BCUT2D eigenvalue weighted by Gasteiger charge is 2.44. The predicted molar refractivity (Wildman–Crippen MR) is 95.6 cm³/mol. The fraction of sp³-hybridized carbons (Fsp3) is 0.579. The summed E-state index contributed by atoms with van der Waals surface area (Å²) < 4.78 is 11.8. The number of nitrogens with one attached hydrogen (secondary N) is 1. The third-order valence-electron chi connectivity index (χ3n) is 4.03. The zero-order chi connectivity index (χ0) is 17.2. The topological polar surface area (TPSA) is 47.6 Å².